The van der Waals surface area contributed by atoms with Crippen LogP contribution in [0.5, 0.6) is 0 Å². The Bertz CT molecular complexity index is 173. The van der Waals surface area contributed by atoms with E-state index in [4.69, 9.17) is 0 Å². The van der Waals surface area contributed by atoms with Crippen molar-refractivity contribution in [2.75, 3.05) is 13.1 Å². The summed E-state index contributed by atoms with van der Waals surface area (Å²) in [6.07, 6.45) is 2.08. The first-order valence-electron chi connectivity index (χ1n) is 5.76. The number of hydrogen-bond acceptors (Lipinski definition) is 1. The molecule has 0 aromatic rings. The molecule has 0 radical (unpaired) electrons. The fraction of sp³-hybridized carbons (Fsp3) is 1.00. The predicted octanol–water partition coefficient (Wildman–Crippen LogP) is 3.35. The Kier molecular flexibility index (Phi) is 4.90. The molecule has 0 bridgehead atoms. The fourth-order valence-electron chi connectivity index (χ4n) is 2.31. The van der Waals surface area contributed by atoms with Crippen LogP contribution in [-0.2, 0) is 0 Å². The van der Waals surface area contributed by atoms with Crippen LogP contribution in [0.25, 0.3) is 0 Å². The minimum absolute atomic E-state index is 0.368. The highest BCUT2D eigenvalue weighted by atomic mass is 19.4. The summed E-state index contributed by atoms with van der Waals surface area (Å²) < 4.78 is 35.7. The maximum Gasteiger partial charge on any atom is 0.401 e. The van der Waals surface area contributed by atoms with Gasteiger partial charge in [0.25, 0.3) is 0 Å². The lowest BCUT2D eigenvalue weighted by molar-refractivity contribution is -0.125. The average Bonchev–Trinajstić information content (AvgIpc) is 2.17. The molecule has 1 aliphatic carbocycles. The summed E-state index contributed by atoms with van der Waals surface area (Å²) in [5.41, 5.74) is 0. The Morgan fingerprint density at radius 1 is 1.20 bits per heavy atom. The third-order valence-electron chi connectivity index (χ3n) is 3.25. The number of rotatable bonds is 4. The Labute approximate surface area is 89.4 Å². The Morgan fingerprint density at radius 2 is 1.80 bits per heavy atom. The van der Waals surface area contributed by atoms with E-state index in [0.29, 0.717) is 18.4 Å². The van der Waals surface area contributed by atoms with Gasteiger partial charge >= 0.3 is 6.18 Å². The highest BCUT2D eigenvalue weighted by molar-refractivity contribution is 4.73. The van der Waals surface area contributed by atoms with E-state index in [1.54, 1.807) is 0 Å². The van der Waals surface area contributed by atoms with E-state index in [2.05, 4.69) is 12.2 Å². The van der Waals surface area contributed by atoms with E-state index in [1.807, 2.05) is 0 Å². The second-order valence-electron chi connectivity index (χ2n) is 4.62. The number of halogens is 3. The maximum atomic E-state index is 11.9. The molecule has 0 aliphatic heterocycles. The van der Waals surface area contributed by atoms with Crippen LogP contribution in [0.4, 0.5) is 13.2 Å². The number of nitrogens with one attached hydrogen (secondary N) is 1. The van der Waals surface area contributed by atoms with Gasteiger partial charge in [0.15, 0.2) is 0 Å². The summed E-state index contributed by atoms with van der Waals surface area (Å²) in [7, 11) is 0. The van der Waals surface area contributed by atoms with Gasteiger partial charge in [0.2, 0.25) is 0 Å². The molecule has 0 amide bonds. The molecule has 4 heteroatoms. The smallest absolute Gasteiger partial charge is 0.308 e. The molecular formula is C11H20F3N. The molecule has 0 aromatic carbocycles. The van der Waals surface area contributed by atoms with Crippen LogP contribution in [0, 0.1) is 11.8 Å². The van der Waals surface area contributed by atoms with Crippen molar-refractivity contribution in [3.8, 4) is 0 Å². The molecule has 0 heterocycles. The van der Waals surface area contributed by atoms with Gasteiger partial charge in [-0.05, 0) is 18.4 Å². The third kappa shape index (κ3) is 5.40. The highest BCUT2D eigenvalue weighted by Gasteiger charge is 2.27. The normalized spacial score (nSPS) is 21.6. The van der Waals surface area contributed by atoms with Gasteiger partial charge in [-0.15, -0.1) is 0 Å². The molecule has 0 spiro atoms. The van der Waals surface area contributed by atoms with Crippen LogP contribution < -0.4 is 5.32 Å². The molecule has 1 nitrogen and oxygen atoms in total. The lowest BCUT2D eigenvalue weighted by Gasteiger charge is -2.27. The molecule has 1 atom stereocenters. The summed E-state index contributed by atoms with van der Waals surface area (Å²) in [4.78, 5) is 0. The first kappa shape index (κ1) is 12.8. The molecular weight excluding hydrogens is 203 g/mol. The molecule has 1 unspecified atom stereocenters. The molecule has 1 aliphatic rings. The molecule has 1 rings (SSSR count). The first-order valence-corrected chi connectivity index (χ1v) is 5.76. The van der Waals surface area contributed by atoms with Crippen molar-refractivity contribution in [2.45, 2.75) is 45.2 Å². The Balaban J connectivity index is 2.14. The summed E-state index contributed by atoms with van der Waals surface area (Å²) in [6, 6.07) is 0. The van der Waals surface area contributed by atoms with Crippen LogP contribution in [0.15, 0.2) is 0 Å². The van der Waals surface area contributed by atoms with Gasteiger partial charge in [0.05, 0.1) is 6.54 Å². The molecule has 15 heavy (non-hydrogen) atoms. The van der Waals surface area contributed by atoms with Crippen molar-refractivity contribution in [2.24, 2.45) is 11.8 Å². The minimum atomic E-state index is -4.08. The van der Waals surface area contributed by atoms with Crippen molar-refractivity contribution in [1.82, 2.24) is 5.32 Å². The number of alkyl halides is 3. The van der Waals surface area contributed by atoms with Crippen molar-refractivity contribution < 1.29 is 13.2 Å². The predicted molar refractivity (Wildman–Crippen MR) is 54.7 cm³/mol. The van der Waals surface area contributed by atoms with Gasteiger partial charge in [0, 0.05) is 0 Å². The molecule has 0 saturated heterocycles. The Hall–Kier alpha value is -0.250. The van der Waals surface area contributed by atoms with Crippen molar-refractivity contribution in [3.63, 3.8) is 0 Å². The van der Waals surface area contributed by atoms with Crippen LogP contribution in [0.1, 0.15) is 39.0 Å². The summed E-state index contributed by atoms with van der Waals surface area (Å²) in [5, 5.41) is 2.50. The van der Waals surface area contributed by atoms with Gasteiger partial charge in [-0.3, -0.25) is 0 Å². The zero-order valence-corrected chi connectivity index (χ0v) is 9.24. The van der Waals surface area contributed by atoms with Gasteiger partial charge in [-0.25, -0.2) is 0 Å². The van der Waals surface area contributed by atoms with Gasteiger partial charge in [-0.2, -0.15) is 13.2 Å². The summed E-state index contributed by atoms with van der Waals surface area (Å²) >= 11 is 0. The van der Waals surface area contributed by atoms with E-state index < -0.39 is 12.7 Å². The summed E-state index contributed by atoms with van der Waals surface area (Å²) in [6.45, 7) is 1.69. The minimum Gasteiger partial charge on any atom is -0.308 e. The zero-order chi connectivity index (χ0) is 11.3. The molecule has 1 saturated carbocycles. The highest BCUT2D eigenvalue weighted by Crippen LogP contribution is 2.29. The van der Waals surface area contributed by atoms with Crippen molar-refractivity contribution in [3.05, 3.63) is 0 Å². The van der Waals surface area contributed by atoms with Crippen LogP contribution in [-0.4, -0.2) is 19.3 Å². The van der Waals surface area contributed by atoms with E-state index in [0.717, 1.165) is 0 Å². The molecule has 0 aromatic heterocycles. The second kappa shape index (κ2) is 5.73. The SMILES string of the molecule is CC(CNCC(F)(F)F)C1CCCCC1. The van der Waals surface area contributed by atoms with Gasteiger partial charge in [0.1, 0.15) is 0 Å². The summed E-state index contributed by atoms with van der Waals surface area (Å²) in [5.74, 6) is 0.993. The van der Waals surface area contributed by atoms with E-state index in [1.165, 1.54) is 32.1 Å². The van der Waals surface area contributed by atoms with E-state index in [-0.39, 0.29) is 0 Å². The zero-order valence-electron chi connectivity index (χ0n) is 9.24. The first-order chi connectivity index (χ1) is 6.99. The van der Waals surface area contributed by atoms with Gasteiger partial charge in [-0.1, -0.05) is 39.0 Å². The third-order valence-corrected chi connectivity index (χ3v) is 3.25. The molecule has 1 fully saturated rings. The quantitative estimate of drug-likeness (QED) is 0.770. The molecule has 1 N–H and O–H groups in total. The maximum absolute atomic E-state index is 11.9. The second-order valence-corrected chi connectivity index (χ2v) is 4.62. The van der Waals surface area contributed by atoms with E-state index in [9.17, 15) is 13.2 Å². The topological polar surface area (TPSA) is 12.0 Å². The van der Waals surface area contributed by atoms with Crippen molar-refractivity contribution in [1.29, 1.82) is 0 Å². The Morgan fingerprint density at radius 3 is 2.33 bits per heavy atom. The lowest BCUT2D eigenvalue weighted by atomic mass is 9.81. The van der Waals surface area contributed by atoms with Crippen molar-refractivity contribution >= 4 is 0 Å². The van der Waals surface area contributed by atoms with Gasteiger partial charge < -0.3 is 5.32 Å². The fourth-order valence-corrected chi connectivity index (χ4v) is 2.31. The van der Waals surface area contributed by atoms with E-state index >= 15 is 0 Å². The van der Waals surface area contributed by atoms with Crippen LogP contribution in [0.3, 0.4) is 0 Å². The van der Waals surface area contributed by atoms with Crippen LogP contribution in [0.2, 0.25) is 0 Å². The number of hydrogen-bond donors (Lipinski definition) is 1. The largest absolute Gasteiger partial charge is 0.401 e. The van der Waals surface area contributed by atoms with Crippen LogP contribution >= 0.6 is 0 Å². The average molecular weight is 223 g/mol. The monoisotopic (exact) mass is 223 g/mol. The lowest BCUT2D eigenvalue weighted by Crippen LogP contribution is -2.34. The standard InChI is InChI=1S/C11H20F3N/c1-9(7-15-8-11(12,13)14)10-5-3-2-4-6-10/h9-10,15H,2-8H2,1H3. The molecule has 90 valence electrons.